The van der Waals surface area contributed by atoms with Crippen molar-refractivity contribution in [1.82, 2.24) is 5.32 Å². The molecule has 0 saturated heterocycles. The zero-order chi connectivity index (χ0) is 15.8. The van der Waals surface area contributed by atoms with Crippen LogP contribution in [0, 0.1) is 0 Å². The molecule has 1 heterocycles. The molecule has 0 saturated carbocycles. The van der Waals surface area contributed by atoms with E-state index in [0.717, 1.165) is 22.6 Å². The van der Waals surface area contributed by atoms with E-state index in [1.807, 2.05) is 54.8 Å². The summed E-state index contributed by atoms with van der Waals surface area (Å²) in [5, 5.41) is 3.27. The first-order chi connectivity index (χ1) is 10.7. The minimum atomic E-state index is 0.865. The molecule has 1 aromatic carbocycles. The van der Waals surface area contributed by atoms with Gasteiger partial charge in [0.1, 0.15) is 5.75 Å². The molecule has 2 heteroatoms. The lowest BCUT2D eigenvalue weighted by Crippen LogP contribution is -2.02. The lowest BCUT2D eigenvalue weighted by molar-refractivity contribution is 0.415. The molecule has 0 amide bonds. The Hall–Kier alpha value is -2.74. The smallest absolute Gasteiger partial charge is 0.118 e. The molecule has 2 rings (SSSR count). The lowest BCUT2D eigenvalue weighted by Gasteiger charge is -2.07. The van der Waals surface area contributed by atoms with Crippen LogP contribution in [0.2, 0.25) is 0 Å². The number of rotatable bonds is 3. The van der Waals surface area contributed by atoms with Crippen molar-refractivity contribution in [1.29, 1.82) is 0 Å². The van der Waals surface area contributed by atoms with E-state index in [-0.39, 0.29) is 0 Å². The highest BCUT2D eigenvalue weighted by atomic mass is 16.5. The van der Waals surface area contributed by atoms with Gasteiger partial charge in [0.15, 0.2) is 0 Å². The van der Waals surface area contributed by atoms with Crippen LogP contribution in [0.4, 0.5) is 0 Å². The number of hydrogen-bond acceptors (Lipinski definition) is 2. The maximum Gasteiger partial charge on any atom is 0.118 e. The molecule has 1 aliphatic rings. The number of ether oxygens (including phenoxy) is 1. The van der Waals surface area contributed by atoms with Crippen LogP contribution in [-0.4, -0.2) is 7.11 Å². The highest BCUT2D eigenvalue weighted by Gasteiger charge is 1.98. The van der Waals surface area contributed by atoms with Crippen LogP contribution < -0.4 is 10.1 Å². The normalized spacial score (nSPS) is 22.0. The summed E-state index contributed by atoms with van der Waals surface area (Å²) in [5.41, 5.74) is 4.33. The number of benzene rings is 1. The topological polar surface area (TPSA) is 21.3 Å². The van der Waals surface area contributed by atoms with Gasteiger partial charge in [-0.3, -0.25) is 0 Å². The molecule has 0 aliphatic carbocycles. The van der Waals surface area contributed by atoms with Gasteiger partial charge in [0.2, 0.25) is 0 Å². The first-order valence-electron chi connectivity index (χ1n) is 7.19. The molecule has 0 spiro atoms. The zero-order valence-corrected chi connectivity index (χ0v) is 13.0. The summed E-state index contributed by atoms with van der Waals surface area (Å²) in [6, 6.07) is 8.05. The lowest BCUT2D eigenvalue weighted by atomic mass is 10.1. The van der Waals surface area contributed by atoms with E-state index in [4.69, 9.17) is 4.74 Å². The molecule has 1 N–H and O–H groups in total. The summed E-state index contributed by atoms with van der Waals surface area (Å²) in [6.07, 6.45) is 15.9. The van der Waals surface area contributed by atoms with E-state index in [2.05, 4.69) is 37.0 Å². The van der Waals surface area contributed by atoms with Gasteiger partial charge >= 0.3 is 0 Å². The van der Waals surface area contributed by atoms with Crippen LogP contribution in [0.25, 0.3) is 5.57 Å². The van der Waals surface area contributed by atoms with Gasteiger partial charge in [-0.25, -0.2) is 0 Å². The summed E-state index contributed by atoms with van der Waals surface area (Å²) < 4.78 is 5.19. The summed E-state index contributed by atoms with van der Waals surface area (Å²) in [4.78, 5) is 0. The molecule has 0 bridgehead atoms. The Morgan fingerprint density at radius 1 is 1.09 bits per heavy atom. The predicted molar refractivity (Wildman–Crippen MR) is 94.4 cm³/mol. The summed E-state index contributed by atoms with van der Waals surface area (Å²) in [7, 11) is 1.67. The first kappa shape index (κ1) is 15.6. The van der Waals surface area contributed by atoms with Gasteiger partial charge in [0, 0.05) is 11.9 Å². The number of allylic oxidation sites excluding steroid dienone is 9. The molecule has 0 atom stereocenters. The average Bonchev–Trinajstić information content (AvgIpc) is 2.54. The molecule has 2 nitrogen and oxygen atoms in total. The average molecular weight is 291 g/mol. The Balaban J connectivity index is 2.22. The van der Waals surface area contributed by atoms with Crippen molar-refractivity contribution < 1.29 is 4.74 Å². The third-order valence-electron chi connectivity index (χ3n) is 3.27. The van der Waals surface area contributed by atoms with E-state index in [1.165, 1.54) is 5.57 Å². The van der Waals surface area contributed by atoms with Crippen molar-refractivity contribution in [3.63, 3.8) is 0 Å². The van der Waals surface area contributed by atoms with Crippen molar-refractivity contribution in [2.24, 2.45) is 0 Å². The van der Waals surface area contributed by atoms with E-state index < -0.39 is 0 Å². The van der Waals surface area contributed by atoms with Gasteiger partial charge in [0.05, 0.1) is 7.11 Å². The monoisotopic (exact) mass is 291 g/mol. The second kappa shape index (κ2) is 7.89. The van der Waals surface area contributed by atoms with E-state index >= 15 is 0 Å². The number of methoxy groups -OCH3 is 1. The quantitative estimate of drug-likeness (QED) is 0.866. The summed E-state index contributed by atoms with van der Waals surface area (Å²) in [6.45, 7) is 6.05. The Morgan fingerprint density at radius 3 is 2.55 bits per heavy atom. The van der Waals surface area contributed by atoms with Gasteiger partial charge < -0.3 is 10.1 Å². The van der Waals surface area contributed by atoms with Crippen molar-refractivity contribution >= 4 is 5.57 Å². The van der Waals surface area contributed by atoms with Crippen LogP contribution in [0.15, 0.2) is 90.8 Å². The Labute approximate surface area is 132 Å². The highest BCUT2D eigenvalue weighted by molar-refractivity contribution is 5.67. The molecule has 0 radical (unpaired) electrons. The van der Waals surface area contributed by atoms with Crippen molar-refractivity contribution in [3.8, 4) is 5.75 Å². The maximum atomic E-state index is 5.19. The second-order valence-corrected chi connectivity index (χ2v) is 4.97. The van der Waals surface area contributed by atoms with Gasteiger partial charge in [-0.05, 0) is 54.0 Å². The van der Waals surface area contributed by atoms with Gasteiger partial charge in [-0.1, -0.05) is 43.0 Å². The van der Waals surface area contributed by atoms with Crippen LogP contribution in [0.1, 0.15) is 12.5 Å². The highest BCUT2D eigenvalue weighted by Crippen LogP contribution is 2.19. The van der Waals surface area contributed by atoms with Gasteiger partial charge in [-0.15, -0.1) is 0 Å². The standard InChI is InChI=1S/C20H21NO/c1-16-7-4-5-14-21-19(9-6-8-16)15-17(2)18-10-12-20(22-3)13-11-18/h4-15,21H,1H2,2-3H3/b7-4-,8-6-,14-5-,17-15-,19-9-. The van der Waals surface area contributed by atoms with E-state index in [9.17, 15) is 0 Å². The predicted octanol–water partition coefficient (Wildman–Crippen LogP) is 4.77. The third kappa shape index (κ3) is 4.67. The summed E-state index contributed by atoms with van der Waals surface area (Å²) in [5.74, 6) is 0.865. The van der Waals surface area contributed by atoms with E-state index in [0.29, 0.717) is 0 Å². The molecule has 112 valence electrons. The second-order valence-electron chi connectivity index (χ2n) is 4.97. The molecular weight excluding hydrogens is 270 g/mol. The summed E-state index contributed by atoms with van der Waals surface area (Å²) >= 11 is 0. The Morgan fingerprint density at radius 2 is 1.82 bits per heavy atom. The van der Waals surface area contributed by atoms with Crippen LogP contribution in [0.5, 0.6) is 5.75 Å². The van der Waals surface area contributed by atoms with E-state index in [1.54, 1.807) is 7.11 Å². The van der Waals surface area contributed by atoms with Crippen molar-refractivity contribution in [2.45, 2.75) is 6.92 Å². The number of hydrogen-bond donors (Lipinski definition) is 1. The van der Waals surface area contributed by atoms with Gasteiger partial charge in [-0.2, -0.15) is 0 Å². The fourth-order valence-corrected chi connectivity index (χ4v) is 2.02. The molecule has 1 aliphatic heterocycles. The molecular formula is C20H21NO. The van der Waals surface area contributed by atoms with Crippen LogP contribution >= 0.6 is 0 Å². The third-order valence-corrected chi connectivity index (χ3v) is 3.27. The van der Waals surface area contributed by atoms with Crippen molar-refractivity contribution in [3.05, 3.63) is 96.4 Å². The largest absolute Gasteiger partial charge is 0.497 e. The fourth-order valence-electron chi connectivity index (χ4n) is 2.02. The fraction of sp³-hybridized carbons (Fsp3) is 0.100. The molecule has 0 unspecified atom stereocenters. The SMILES string of the molecule is C=C1/C=C\C=C/NC(/C=C(/C)c2ccc(OC)cc2)=C\C=C/1. The minimum Gasteiger partial charge on any atom is -0.497 e. The minimum absolute atomic E-state index is 0.865. The molecule has 0 fully saturated rings. The first-order valence-corrected chi connectivity index (χ1v) is 7.19. The molecule has 1 aromatic rings. The van der Waals surface area contributed by atoms with Crippen molar-refractivity contribution in [2.75, 3.05) is 7.11 Å². The molecule has 22 heavy (non-hydrogen) atoms. The molecule has 0 aromatic heterocycles. The van der Waals surface area contributed by atoms with Gasteiger partial charge in [0.25, 0.3) is 0 Å². The zero-order valence-electron chi connectivity index (χ0n) is 13.0. The Bertz CT molecular complexity index is 670. The Kier molecular flexibility index (Phi) is 5.61. The van der Waals surface area contributed by atoms with Crippen LogP contribution in [0.3, 0.4) is 0 Å². The number of nitrogens with one attached hydrogen (secondary N) is 1. The maximum absolute atomic E-state index is 5.19. The van der Waals surface area contributed by atoms with Crippen LogP contribution in [-0.2, 0) is 0 Å².